The Bertz CT molecular complexity index is 691. The van der Waals surface area contributed by atoms with Crippen LogP contribution in [0.25, 0.3) is 16.9 Å². The summed E-state index contributed by atoms with van der Waals surface area (Å²) >= 11 is 0. The Morgan fingerprint density at radius 2 is 2.00 bits per heavy atom. The maximum atomic E-state index is 13.6. The first-order valence-corrected chi connectivity index (χ1v) is 4.98. The molecular weight excluding hydrogens is 224 g/mol. The fourth-order valence-electron chi connectivity index (χ4n) is 1.74. The highest BCUT2D eigenvalue weighted by Crippen LogP contribution is 2.23. The predicted octanol–water partition coefficient (Wildman–Crippen LogP) is 2.67. The normalized spacial score (nSPS) is 10.9. The Morgan fingerprint density at radius 3 is 2.82 bits per heavy atom. The lowest BCUT2D eigenvalue weighted by Gasteiger charge is -2.02. The van der Waals surface area contributed by atoms with E-state index in [1.54, 1.807) is 23.0 Å². The van der Waals surface area contributed by atoms with E-state index in [0.717, 1.165) is 6.07 Å². The van der Waals surface area contributed by atoms with Gasteiger partial charge in [0.25, 0.3) is 0 Å². The van der Waals surface area contributed by atoms with Gasteiger partial charge in [-0.2, -0.15) is 0 Å². The first kappa shape index (κ1) is 9.89. The van der Waals surface area contributed by atoms with Gasteiger partial charge in [0.15, 0.2) is 5.65 Å². The van der Waals surface area contributed by atoms with Gasteiger partial charge in [-0.1, -0.05) is 0 Å². The van der Waals surface area contributed by atoms with Gasteiger partial charge in [-0.25, -0.2) is 13.8 Å². The zero-order valence-electron chi connectivity index (χ0n) is 8.64. The van der Waals surface area contributed by atoms with Crippen molar-refractivity contribution in [3.63, 3.8) is 0 Å². The average Bonchev–Trinajstić information content (AvgIpc) is 2.73. The van der Waals surface area contributed by atoms with E-state index in [2.05, 4.69) is 9.97 Å². The minimum atomic E-state index is -0.608. The molecule has 2 heterocycles. The molecule has 3 nitrogen and oxygen atoms in total. The molecule has 5 heteroatoms. The number of benzene rings is 1. The summed E-state index contributed by atoms with van der Waals surface area (Å²) in [5.41, 5.74) is 1.50. The topological polar surface area (TPSA) is 30.2 Å². The molecular formula is C12H7F2N3. The van der Waals surface area contributed by atoms with Gasteiger partial charge in [0, 0.05) is 24.0 Å². The van der Waals surface area contributed by atoms with E-state index in [-0.39, 0.29) is 0 Å². The Balaban J connectivity index is 2.27. The summed E-state index contributed by atoms with van der Waals surface area (Å²) in [5.74, 6) is -1.20. The van der Waals surface area contributed by atoms with Crippen molar-refractivity contribution in [1.29, 1.82) is 0 Å². The Morgan fingerprint density at radius 1 is 1.12 bits per heavy atom. The number of imidazole rings is 1. The molecule has 0 saturated heterocycles. The fourth-order valence-corrected chi connectivity index (χ4v) is 1.74. The molecule has 0 aliphatic rings. The number of fused-ring (bicyclic) bond motifs is 1. The van der Waals surface area contributed by atoms with E-state index < -0.39 is 11.6 Å². The highest BCUT2D eigenvalue weighted by Gasteiger charge is 2.10. The van der Waals surface area contributed by atoms with Crippen LogP contribution in [0, 0.1) is 11.6 Å². The van der Waals surface area contributed by atoms with E-state index >= 15 is 0 Å². The van der Waals surface area contributed by atoms with Crippen LogP contribution in [0.2, 0.25) is 0 Å². The molecule has 0 unspecified atom stereocenters. The first-order chi connectivity index (χ1) is 8.25. The molecule has 3 rings (SSSR count). The van der Waals surface area contributed by atoms with Crippen molar-refractivity contribution in [2.75, 3.05) is 0 Å². The van der Waals surface area contributed by atoms with E-state index in [1.165, 1.54) is 18.3 Å². The van der Waals surface area contributed by atoms with E-state index in [0.29, 0.717) is 16.9 Å². The number of nitrogens with zero attached hydrogens (tertiary/aromatic N) is 3. The number of halogens is 2. The van der Waals surface area contributed by atoms with Crippen molar-refractivity contribution < 1.29 is 8.78 Å². The molecule has 1 aromatic carbocycles. The lowest BCUT2D eigenvalue weighted by Crippen LogP contribution is -1.91. The minimum absolute atomic E-state index is 0.310. The van der Waals surface area contributed by atoms with Crippen LogP contribution in [-0.4, -0.2) is 14.4 Å². The van der Waals surface area contributed by atoms with Gasteiger partial charge in [0.2, 0.25) is 0 Å². The second-order valence-electron chi connectivity index (χ2n) is 3.57. The third-order valence-corrected chi connectivity index (χ3v) is 2.52. The monoisotopic (exact) mass is 231 g/mol. The van der Waals surface area contributed by atoms with E-state index in [9.17, 15) is 8.78 Å². The van der Waals surface area contributed by atoms with Gasteiger partial charge in [-0.3, -0.25) is 9.38 Å². The van der Waals surface area contributed by atoms with Crippen molar-refractivity contribution in [2.24, 2.45) is 0 Å². The molecule has 84 valence electrons. The Labute approximate surface area is 95.4 Å². The molecule has 0 amide bonds. The zero-order valence-corrected chi connectivity index (χ0v) is 8.64. The van der Waals surface area contributed by atoms with Crippen LogP contribution in [0.15, 0.2) is 43.0 Å². The summed E-state index contributed by atoms with van der Waals surface area (Å²) in [6, 6.07) is 3.48. The third kappa shape index (κ3) is 1.56. The van der Waals surface area contributed by atoms with Gasteiger partial charge in [-0.05, 0) is 12.1 Å². The Hall–Kier alpha value is -2.30. The molecule has 0 fully saturated rings. The van der Waals surface area contributed by atoms with E-state index in [1.807, 2.05) is 0 Å². The summed E-state index contributed by atoms with van der Waals surface area (Å²) < 4.78 is 28.2. The Kier molecular flexibility index (Phi) is 2.11. The molecule has 0 bridgehead atoms. The molecule has 0 spiro atoms. The summed E-state index contributed by atoms with van der Waals surface area (Å²) in [7, 11) is 0. The van der Waals surface area contributed by atoms with E-state index in [4.69, 9.17) is 0 Å². The van der Waals surface area contributed by atoms with Crippen LogP contribution < -0.4 is 0 Å². The molecule has 0 aliphatic heterocycles. The fraction of sp³-hybridized carbons (Fsp3) is 0. The number of aromatic nitrogens is 3. The second kappa shape index (κ2) is 3.62. The highest BCUT2D eigenvalue weighted by atomic mass is 19.1. The van der Waals surface area contributed by atoms with Crippen LogP contribution in [0.4, 0.5) is 8.78 Å². The van der Waals surface area contributed by atoms with Gasteiger partial charge >= 0.3 is 0 Å². The van der Waals surface area contributed by atoms with Gasteiger partial charge in [0.05, 0.1) is 18.1 Å². The van der Waals surface area contributed by atoms with Gasteiger partial charge in [0.1, 0.15) is 11.6 Å². The van der Waals surface area contributed by atoms with Crippen molar-refractivity contribution in [3.8, 4) is 11.3 Å². The lowest BCUT2D eigenvalue weighted by atomic mass is 10.1. The van der Waals surface area contributed by atoms with Crippen LogP contribution in [0.3, 0.4) is 0 Å². The molecule has 0 atom stereocenters. The van der Waals surface area contributed by atoms with Crippen molar-refractivity contribution in [1.82, 2.24) is 14.4 Å². The van der Waals surface area contributed by atoms with Gasteiger partial charge < -0.3 is 0 Å². The van der Waals surface area contributed by atoms with Crippen LogP contribution in [-0.2, 0) is 0 Å². The van der Waals surface area contributed by atoms with Crippen molar-refractivity contribution in [2.45, 2.75) is 0 Å². The molecule has 0 N–H and O–H groups in total. The second-order valence-corrected chi connectivity index (χ2v) is 3.57. The first-order valence-electron chi connectivity index (χ1n) is 4.98. The molecule has 2 aromatic heterocycles. The average molecular weight is 231 g/mol. The number of rotatable bonds is 1. The molecule has 0 aliphatic carbocycles. The highest BCUT2D eigenvalue weighted by molar-refractivity contribution is 5.63. The smallest absolute Gasteiger partial charge is 0.155 e. The number of hydrogen-bond acceptors (Lipinski definition) is 2. The molecule has 0 radical (unpaired) electrons. The SMILES string of the molecule is Fc1ccc(-c2cnc3cnccn23)c(F)c1. The summed E-state index contributed by atoms with van der Waals surface area (Å²) in [6.07, 6.45) is 6.37. The minimum Gasteiger partial charge on any atom is -0.297 e. The lowest BCUT2D eigenvalue weighted by molar-refractivity contribution is 0.585. The quantitative estimate of drug-likeness (QED) is 0.644. The largest absolute Gasteiger partial charge is 0.297 e. The maximum Gasteiger partial charge on any atom is 0.155 e. The molecule has 0 saturated carbocycles. The van der Waals surface area contributed by atoms with Gasteiger partial charge in [-0.15, -0.1) is 0 Å². The molecule has 17 heavy (non-hydrogen) atoms. The summed E-state index contributed by atoms with van der Waals surface area (Å²) in [6.45, 7) is 0. The standard InChI is InChI=1S/C12H7F2N3/c13-8-1-2-9(10(14)5-8)11-6-16-12-7-15-3-4-17(11)12/h1-7H. The summed E-state index contributed by atoms with van der Waals surface area (Å²) in [5, 5.41) is 0. The molecule has 3 aromatic rings. The predicted molar refractivity (Wildman–Crippen MR) is 58.3 cm³/mol. The summed E-state index contributed by atoms with van der Waals surface area (Å²) in [4.78, 5) is 8.02. The zero-order chi connectivity index (χ0) is 11.8. The third-order valence-electron chi connectivity index (χ3n) is 2.52. The number of hydrogen-bond donors (Lipinski definition) is 0. The van der Waals surface area contributed by atoms with Crippen LogP contribution in [0.5, 0.6) is 0 Å². The maximum absolute atomic E-state index is 13.6. The van der Waals surface area contributed by atoms with Crippen LogP contribution in [0.1, 0.15) is 0 Å². The van der Waals surface area contributed by atoms with Crippen molar-refractivity contribution in [3.05, 3.63) is 54.6 Å². The van der Waals surface area contributed by atoms with Crippen molar-refractivity contribution >= 4 is 5.65 Å². The van der Waals surface area contributed by atoms with Crippen LogP contribution >= 0.6 is 0 Å².